The molecule has 0 spiro atoms. The molecule has 1 N–H and O–H groups in total. The molecule has 3 aromatic rings. The van der Waals surface area contributed by atoms with Crippen LogP contribution in [-0.4, -0.2) is 15.6 Å². The first kappa shape index (κ1) is 15.6. The van der Waals surface area contributed by atoms with E-state index in [0.717, 1.165) is 23.0 Å². The van der Waals surface area contributed by atoms with E-state index in [2.05, 4.69) is 15.0 Å². The number of carbonyl (C=O) groups excluding carboxylic acids is 1. The monoisotopic (exact) mass is 320 g/mol. The molecule has 0 aliphatic rings. The third-order valence-corrected chi connectivity index (χ3v) is 3.69. The fraction of sp³-hybridized carbons (Fsp3) is 0.167. The van der Waals surface area contributed by atoms with Crippen LogP contribution in [0.3, 0.4) is 0 Å². The van der Waals surface area contributed by atoms with Crippen molar-refractivity contribution in [3.8, 4) is 6.07 Å². The van der Waals surface area contributed by atoms with Crippen molar-refractivity contribution in [2.45, 2.75) is 20.4 Å². The number of nitriles is 1. The number of carbonyl (C=O) groups is 1. The Morgan fingerprint density at radius 3 is 2.92 bits per heavy atom. The normalized spacial score (nSPS) is 11.5. The van der Waals surface area contributed by atoms with Crippen LogP contribution in [0, 0.1) is 18.3 Å². The molecule has 2 heterocycles. The Morgan fingerprint density at radius 2 is 2.25 bits per heavy atom. The zero-order valence-electron chi connectivity index (χ0n) is 13.4. The first-order valence-electron chi connectivity index (χ1n) is 7.56. The Kier molecular flexibility index (Phi) is 4.17. The first-order chi connectivity index (χ1) is 11.6. The highest BCUT2D eigenvalue weighted by atomic mass is 16.5. The predicted molar refractivity (Wildman–Crippen MR) is 91.1 cm³/mol. The van der Waals surface area contributed by atoms with Crippen LogP contribution in [0.25, 0.3) is 17.0 Å². The van der Waals surface area contributed by atoms with Crippen LogP contribution in [0.4, 0.5) is 5.82 Å². The summed E-state index contributed by atoms with van der Waals surface area (Å²) in [5.41, 5.74) is 1.90. The van der Waals surface area contributed by atoms with E-state index >= 15 is 0 Å². The predicted octanol–water partition coefficient (Wildman–Crippen LogP) is 3.50. The van der Waals surface area contributed by atoms with Crippen molar-refractivity contribution in [1.82, 2.24) is 9.72 Å². The van der Waals surface area contributed by atoms with Crippen LogP contribution in [0.1, 0.15) is 18.2 Å². The van der Waals surface area contributed by atoms with Crippen molar-refractivity contribution in [3.63, 3.8) is 0 Å². The van der Waals surface area contributed by atoms with Gasteiger partial charge in [-0.2, -0.15) is 5.26 Å². The number of aromatic nitrogens is 2. The van der Waals surface area contributed by atoms with Gasteiger partial charge in [-0.3, -0.25) is 4.79 Å². The van der Waals surface area contributed by atoms with Gasteiger partial charge >= 0.3 is 0 Å². The number of benzene rings is 1. The van der Waals surface area contributed by atoms with Gasteiger partial charge in [0.25, 0.3) is 5.91 Å². The maximum absolute atomic E-state index is 12.3. The van der Waals surface area contributed by atoms with Crippen LogP contribution in [-0.2, 0) is 11.3 Å². The molecule has 1 amide bonds. The number of fused-ring (bicyclic) bond motifs is 1. The van der Waals surface area contributed by atoms with Gasteiger partial charge in [0.15, 0.2) is 5.82 Å². The third kappa shape index (κ3) is 2.92. The van der Waals surface area contributed by atoms with Crippen molar-refractivity contribution in [1.29, 1.82) is 5.26 Å². The van der Waals surface area contributed by atoms with Crippen LogP contribution < -0.4 is 5.32 Å². The summed E-state index contributed by atoms with van der Waals surface area (Å²) < 4.78 is 6.98. The molecule has 0 fully saturated rings. The Labute approximate surface area is 139 Å². The molecule has 0 unspecified atom stereocenters. The van der Waals surface area contributed by atoms with E-state index in [-0.39, 0.29) is 11.4 Å². The molecule has 0 bridgehead atoms. The number of hydrogen-bond acceptors (Lipinski definition) is 4. The zero-order valence-corrected chi connectivity index (χ0v) is 13.4. The summed E-state index contributed by atoms with van der Waals surface area (Å²) in [6.07, 6.45) is 3.53. The van der Waals surface area contributed by atoms with Gasteiger partial charge in [-0.25, -0.2) is 0 Å². The SMILES string of the molecule is CCn1cc(/C=C(/C#N)C(=O)Nc2cc(C)on2)c2ccccc21. The van der Waals surface area contributed by atoms with Gasteiger partial charge in [0.2, 0.25) is 0 Å². The molecule has 0 atom stereocenters. The molecule has 6 heteroatoms. The van der Waals surface area contributed by atoms with Gasteiger partial charge in [0.1, 0.15) is 17.4 Å². The van der Waals surface area contributed by atoms with Crippen molar-refractivity contribution >= 4 is 28.7 Å². The molecule has 120 valence electrons. The molecule has 0 saturated heterocycles. The number of para-hydroxylation sites is 1. The average molecular weight is 320 g/mol. The van der Waals surface area contributed by atoms with E-state index in [1.165, 1.54) is 0 Å². The first-order valence-corrected chi connectivity index (χ1v) is 7.56. The van der Waals surface area contributed by atoms with Gasteiger partial charge in [0, 0.05) is 35.3 Å². The Bertz CT molecular complexity index is 972. The fourth-order valence-corrected chi connectivity index (χ4v) is 2.56. The Balaban J connectivity index is 1.96. The van der Waals surface area contributed by atoms with Gasteiger partial charge in [0.05, 0.1) is 0 Å². The van der Waals surface area contributed by atoms with Gasteiger partial charge in [-0.15, -0.1) is 0 Å². The molecule has 2 aromatic heterocycles. The number of rotatable bonds is 4. The molecule has 24 heavy (non-hydrogen) atoms. The summed E-state index contributed by atoms with van der Waals surface area (Å²) in [6, 6.07) is 11.4. The van der Waals surface area contributed by atoms with E-state index in [4.69, 9.17) is 4.52 Å². The average Bonchev–Trinajstić information content (AvgIpc) is 3.16. The van der Waals surface area contributed by atoms with Gasteiger partial charge in [-0.05, 0) is 26.0 Å². The lowest BCUT2D eigenvalue weighted by atomic mass is 10.1. The number of anilines is 1. The molecule has 0 aliphatic heterocycles. The highest BCUT2D eigenvalue weighted by molar-refractivity contribution is 6.10. The molecule has 0 aliphatic carbocycles. The van der Waals surface area contributed by atoms with E-state index in [9.17, 15) is 10.1 Å². The fourth-order valence-electron chi connectivity index (χ4n) is 2.56. The van der Waals surface area contributed by atoms with E-state index in [1.54, 1.807) is 19.1 Å². The minimum Gasteiger partial charge on any atom is -0.360 e. The number of nitrogens with zero attached hydrogens (tertiary/aromatic N) is 3. The smallest absolute Gasteiger partial charge is 0.267 e. The largest absolute Gasteiger partial charge is 0.360 e. The minimum atomic E-state index is -0.515. The third-order valence-electron chi connectivity index (χ3n) is 3.69. The highest BCUT2D eigenvalue weighted by Gasteiger charge is 2.13. The summed E-state index contributed by atoms with van der Waals surface area (Å²) in [5.74, 6) is 0.354. The molecule has 1 aromatic carbocycles. The van der Waals surface area contributed by atoms with Crippen molar-refractivity contribution in [2.24, 2.45) is 0 Å². The van der Waals surface area contributed by atoms with Crippen LogP contribution in [0.5, 0.6) is 0 Å². The quantitative estimate of drug-likeness (QED) is 0.589. The summed E-state index contributed by atoms with van der Waals surface area (Å²) in [7, 11) is 0. The number of nitrogens with one attached hydrogen (secondary N) is 1. The van der Waals surface area contributed by atoms with Gasteiger partial charge < -0.3 is 14.4 Å². The standard InChI is InChI=1S/C18H16N4O2/c1-3-22-11-14(15-6-4-5-7-16(15)22)9-13(10-19)18(23)20-17-8-12(2)24-21-17/h4-9,11H,3H2,1-2H3,(H,20,21,23)/b13-9-. The molecule has 0 radical (unpaired) electrons. The van der Waals surface area contributed by atoms with Crippen LogP contribution in [0.15, 0.2) is 46.6 Å². The molecule has 0 saturated carbocycles. The summed E-state index contributed by atoms with van der Waals surface area (Å²) in [6.45, 7) is 4.58. The molecular formula is C18H16N4O2. The van der Waals surface area contributed by atoms with Crippen LogP contribution in [0.2, 0.25) is 0 Å². The second kappa shape index (κ2) is 6.42. The zero-order chi connectivity index (χ0) is 17.1. The summed E-state index contributed by atoms with van der Waals surface area (Å²) >= 11 is 0. The maximum Gasteiger partial charge on any atom is 0.267 e. The molecule has 6 nitrogen and oxygen atoms in total. The van der Waals surface area contributed by atoms with Gasteiger partial charge in [-0.1, -0.05) is 23.4 Å². The Morgan fingerprint density at radius 1 is 1.46 bits per heavy atom. The van der Waals surface area contributed by atoms with Crippen LogP contribution >= 0.6 is 0 Å². The van der Waals surface area contributed by atoms with Crippen molar-refractivity contribution in [2.75, 3.05) is 5.32 Å². The molecular weight excluding hydrogens is 304 g/mol. The maximum atomic E-state index is 12.3. The van der Waals surface area contributed by atoms with E-state index < -0.39 is 5.91 Å². The minimum absolute atomic E-state index is 0.00894. The number of aryl methyl sites for hydroxylation is 2. The summed E-state index contributed by atoms with van der Waals surface area (Å²) in [5, 5.41) is 16.6. The second-order valence-electron chi connectivity index (χ2n) is 5.33. The second-order valence-corrected chi connectivity index (χ2v) is 5.33. The number of hydrogen-bond donors (Lipinski definition) is 1. The van der Waals surface area contributed by atoms with Crippen molar-refractivity contribution in [3.05, 3.63) is 53.4 Å². The van der Waals surface area contributed by atoms with E-state index in [0.29, 0.717) is 5.76 Å². The topological polar surface area (TPSA) is 83.9 Å². The van der Waals surface area contributed by atoms with E-state index in [1.807, 2.05) is 43.5 Å². The molecule has 3 rings (SSSR count). The lowest BCUT2D eigenvalue weighted by Crippen LogP contribution is -2.13. The lowest BCUT2D eigenvalue weighted by Gasteiger charge is -1.99. The Hall–Kier alpha value is -3.33. The highest BCUT2D eigenvalue weighted by Crippen LogP contribution is 2.23. The lowest BCUT2D eigenvalue weighted by molar-refractivity contribution is -0.112. The number of amides is 1. The summed E-state index contributed by atoms with van der Waals surface area (Å²) in [4.78, 5) is 12.3. The van der Waals surface area contributed by atoms with Crippen molar-refractivity contribution < 1.29 is 9.32 Å².